The van der Waals surface area contributed by atoms with Crippen molar-refractivity contribution in [2.24, 2.45) is 0 Å². The van der Waals surface area contributed by atoms with Crippen LogP contribution in [0.2, 0.25) is 0 Å². The summed E-state index contributed by atoms with van der Waals surface area (Å²) in [7, 11) is 1.62. The lowest BCUT2D eigenvalue weighted by molar-refractivity contribution is -0.121. The molecule has 0 aliphatic rings. The van der Waals surface area contributed by atoms with E-state index < -0.39 is 0 Å². The third-order valence-electron chi connectivity index (χ3n) is 2.99. The molecule has 0 radical (unpaired) electrons. The van der Waals surface area contributed by atoms with Crippen molar-refractivity contribution in [1.82, 2.24) is 5.32 Å². The SMILES string of the molecule is COCCNC(=O)CCCOc1cccc(C)c1C. The zero-order valence-electron chi connectivity index (χ0n) is 12.0. The van der Waals surface area contributed by atoms with Crippen LogP contribution in [0.5, 0.6) is 5.75 Å². The average Bonchev–Trinajstić information content (AvgIpc) is 2.39. The first kappa shape index (κ1) is 15.5. The van der Waals surface area contributed by atoms with E-state index in [1.165, 1.54) is 5.56 Å². The number of rotatable bonds is 8. The molecule has 4 nitrogen and oxygen atoms in total. The van der Waals surface area contributed by atoms with Crippen molar-refractivity contribution in [3.8, 4) is 5.75 Å². The second-order valence-corrected chi connectivity index (χ2v) is 4.49. The Morgan fingerprint density at radius 2 is 2.05 bits per heavy atom. The Morgan fingerprint density at radius 3 is 2.79 bits per heavy atom. The van der Waals surface area contributed by atoms with Crippen molar-refractivity contribution in [1.29, 1.82) is 0 Å². The molecule has 1 aromatic carbocycles. The molecule has 0 saturated carbocycles. The van der Waals surface area contributed by atoms with Gasteiger partial charge in [0.1, 0.15) is 5.75 Å². The number of methoxy groups -OCH3 is 1. The molecule has 1 N–H and O–H groups in total. The van der Waals surface area contributed by atoms with Gasteiger partial charge in [-0.25, -0.2) is 0 Å². The Hall–Kier alpha value is -1.55. The average molecular weight is 265 g/mol. The second-order valence-electron chi connectivity index (χ2n) is 4.49. The summed E-state index contributed by atoms with van der Waals surface area (Å²) in [6.45, 7) is 5.77. The lowest BCUT2D eigenvalue weighted by Gasteiger charge is -2.10. The van der Waals surface area contributed by atoms with Gasteiger partial charge in [-0.05, 0) is 37.5 Å². The van der Waals surface area contributed by atoms with Gasteiger partial charge in [-0.3, -0.25) is 4.79 Å². The second kappa shape index (κ2) is 8.53. The first-order chi connectivity index (χ1) is 9.15. The van der Waals surface area contributed by atoms with Gasteiger partial charge in [-0.1, -0.05) is 12.1 Å². The number of hydrogen-bond donors (Lipinski definition) is 1. The fourth-order valence-corrected chi connectivity index (χ4v) is 1.68. The molecule has 106 valence electrons. The van der Waals surface area contributed by atoms with Crippen LogP contribution in [0.25, 0.3) is 0 Å². The van der Waals surface area contributed by atoms with E-state index in [0.29, 0.717) is 32.6 Å². The zero-order valence-corrected chi connectivity index (χ0v) is 12.0. The van der Waals surface area contributed by atoms with Gasteiger partial charge in [-0.15, -0.1) is 0 Å². The fourth-order valence-electron chi connectivity index (χ4n) is 1.68. The molecule has 0 atom stereocenters. The van der Waals surface area contributed by atoms with E-state index in [1.54, 1.807) is 7.11 Å². The number of hydrogen-bond acceptors (Lipinski definition) is 3. The summed E-state index contributed by atoms with van der Waals surface area (Å²) in [6, 6.07) is 6.00. The number of amides is 1. The van der Waals surface area contributed by atoms with Crippen LogP contribution in [0.1, 0.15) is 24.0 Å². The van der Waals surface area contributed by atoms with Crippen LogP contribution >= 0.6 is 0 Å². The van der Waals surface area contributed by atoms with Gasteiger partial charge in [-0.2, -0.15) is 0 Å². The van der Waals surface area contributed by atoms with E-state index in [9.17, 15) is 4.79 Å². The zero-order chi connectivity index (χ0) is 14.1. The highest BCUT2D eigenvalue weighted by Gasteiger charge is 2.03. The van der Waals surface area contributed by atoms with Gasteiger partial charge in [0.15, 0.2) is 0 Å². The number of nitrogens with one attached hydrogen (secondary N) is 1. The molecule has 0 unspecified atom stereocenters. The predicted molar refractivity (Wildman–Crippen MR) is 75.5 cm³/mol. The van der Waals surface area contributed by atoms with Gasteiger partial charge >= 0.3 is 0 Å². The topological polar surface area (TPSA) is 47.6 Å². The van der Waals surface area contributed by atoms with E-state index in [1.807, 2.05) is 19.1 Å². The molecule has 1 rings (SSSR count). The van der Waals surface area contributed by atoms with E-state index in [2.05, 4.69) is 18.3 Å². The summed E-state index contributed by atoms with van der Waals surface area (Å²) in [4.78, 5) is 11.4. The maximum absolute atomic E-state index is 11.4. The number of ether oxygens (including phenoxy) is 2. The van der Waals surface area contributed by atoms with Gasteiger partial charge < -0.3 is 14.8 Å². The number of carbonyl (C=O) groups excluding carboxylic acids is 1. The molecule has 0 spiro atoms. The molecule has 0 saturated heterocycles. The van der Waals surface area contributed by atoms with Crippen LogP contribution < -0.4 is 10.1 Å². The summed E-state index contributed by atoms with van der Waals surface area (Å²) in [5.74, 6) is 0.946. The highest BCUT2D eigenvalue weighted by Crippen LogP contribution is 2.20. The first-order valence-electron chi connectivity index (χ1n) is 6.59. The van der Waals surface area contributed by atoms with E-state index >= 15 is 0 Å². The van der Waals surface area contributed by atoms with Crippen molar-refractivity contribution in [3.63, 3.8) is 0 Å². The third kappa shape index (κ3) is 5.75. The number of aryl methyl sites for hydroxylation is 1. The molecule has 1 aromatic rings. The van der Waals surface area contributed by atoms with Crippen LogP contribution in [-0.4, -0.2) is 32.8 Å². The minimum atomic E-state index is 0.0432. The Bertz CT molecular complexity index is 404. The van der Waals surface area contributed by atoms with E-state index in [-0.39, 0.29) is 5.91 Å². The Kier molecular flexibility index (Phi) is 6.97. The number of benzene rings is 1. The summed E-state index contributed by atoms with van der Waals surface area (Å²) in [5.41, 5.74) is 2.38. The van der Waals surface area contributed by atoms with Crippen molar-refractivity contribution in [2.75, 3.05) is 26.9 Å². The smallest absolute Gasteiger partial charge is 0.220 e. The highest BCUT2D eigenvalue weighted by molar-refractivity contribution is 5.75. The summed E-state index contributed by atoms with van der Waals surface area (Å²) in [5, 5.41) is 2.78. The molecule has 0 bridgehead atoms. The standard InChI is InChI=1S/C15H23NO3/c1-12-6-4-7-14(13(12)2)19-10-5-8-15(17)16-9-11-18-3/h4,6-7H,5,8-11H2,1-3H3,(H,16,17). The van der Waals surface area contributed by atoms with Crippen LogP contribution in [0.4, 0.5) is 0 Å². The maximum atomic E-state index is 11.4. The van der Waals surface area contributed by atoms with E-state index in [0.717, 1.165) is 11.3 Å². The normalized spacial score (nSPS) is 10.3. The lowest BCUT2D eigenvalue weighted by Crippen LogP contribution is -2.27. The van der Waals surface area contributed by atoms with Gasteiger partial charge in [0, 0.05) is 20.1 Å². The quantitative estimate of drug-likeness (QED) is 0.733. The molecular formula is C15H23NO3. The summed E-state index contributed by atoms with van der Waals surface area (Å²) < 4.78 is 10.5. The fraction of sp³-hybridized carbons (Fsp3) is 0.533. The summed E-state index contributed by atoms with van der Waals surface area (Å²) in [6.07, 6.45) is 1.20. The Balaban J connectivity index is 2.20. The summed E-state index contributed by atoms with van der Waals surface area (Å²) >= 11 is 0. The molecule has 0 aliphatic heterocycles. The van der Waals surface area contributed by atoms with Crippen molar-refractivity contribution < 1.29 is 14.3 Å². The van der Waals surface area contributed by atoms with Gasteiger partial charge in [0.25, 0.3) is 0 Å². The molecule has 1 amide bonds. The Morgan fingerprint density at radius 1 is 1.26 bits per heavy atom. The third-order valence-corrected chi connectivity index (χ3v) is 2.99. The predicted octanol–water partition coefficient (Wildman–Crippen LogP) is 2.23. The van der Waals surface area contributed by atoms with Crippen LogP contribution in [0, 0.1) is 13.8 Å². The Labute approximate surface area is 115 Å². The van der Waals surface area contributed by atoms with E-state index in [4.69, 9.17) is 9.47 Å². The molecular weight excluding hydrogens is 242 g/mol. The molecule has 0 heterocycles. The van der Waals surface area contributed by atoms with Crippen LogP contribution in [-0.2, 0) is 9.53 Å². The maximum Gasteiger partial charge on any atom is 0.220 e. The van der Waals surface area contributed by atoms with Crippen LogP contribution in [0.15, 0.2) is 18.2 Å². The van der Waals surface area contributed by atoms with Crippen LogP contribution in [0.3, 0.4) is 0 Å². The van der Waals surface area contributed by atoms with Crippen molar-refractivity contribution >= 4 is 5.91 Å². The molecule has 0 aromatic heterocycles. The highest BCUT2D eigenvalue weighted by atomic mass is 16.5. The molecule has 0 fully saturated rings. The molecule has 0 aliphatic carbocycles. The van der Waals surface area contributed by atoms with Gasteiger partial charge in [0.2, 0.25) is 5.91 Å². The largest absolute Gasteiger partial charge is 0.493 e. The van der Waals surface area contributed by atoms with Crippen molar-refractivity contribution in [2.45, 2.75) is 26.7 Å². The minimum absolute atomic E-state index is 0.0432. The van der Waals surface area contributed by atoms with Crippen molar-refractivity contribution in [3.05, 3.63) is 29.3 Å². The minimum Gasteiger partial charge on any atom is -0.493 e. The molecule has 19 heavy (non-hydrogen) atoms. The first-order valence-corrected chi connectivity index (χ1v) is 6.59. The monoisotopic (exact) mass is 265 g/mol. The number of carbonyl (C=O) groups is 1. The molecule has 4 heteroatoms. The lowest BCUT2D eigenvalue weighted by atomic mass is 10.1. The van der Waals surface area contributed by atoms with Gasteiger partial charge in [0.05, 0.1) is 13.2 Å².